The molecule has 1 saturated heterocycles. The summed E-state index contributed by atoms with van der Waals surface area (Å²) >= 11 is 0. The number of unbranched alkanes of at least 4 members (excludes halogenated alkanes) is 1. The zero-order chi connectivity index (χ0) is 16.4. The quantitative estimate of drug-likeness (QED) is 0.441. The molecule has 0 unspecified atom stereocenters. The summed E-state index contributed by atoms with van der Waals surface area (Å²) < 4.78 is 6.01. The second-order valence-electron chi connectivity index (χ2n) is 7.95. The van der Waals surface area contributed by atoms with Crippen molar-refractivity contribution >= 4 is 18.5 Å². The topological polar surface area (TPSA) is 26.3 Å². The SMILES string of the molecule is CCCCOc1cccc(C=O)c1B1CC(C)(C)C(C)(C)C1. The molecule has 0 atom stereocenters. The summed E-state index contributed by atoms with van der Waals surface area (Å²) in [5, 5.41) is 0. The minimum absolute atomic E-state index is 0.272. The number of benzene rings is 1. The number of rotatable bonds is 6. The first kappa shape index (κ1) is 17.1. The molecule has 1 aliphatic heterocycles. The molecule has 22 heavy (non-hydrogen) atoms. The Kier molecular flexibility index (Phi) is 5.04. The normalized spacial score (nSPS) is 19.2. The van der Waals surface area contributed by atoms with Crippen molar-refractivity contribution in [3.05, 3.63) is 23.8 Å². The third-order valence-electron chi connectivity index (χ3n) is 5.74. The van der Waals surface area contributed by atoms with Gasteiger partial charge in [0.15, 0.2) is 6.71 Å². The predicted molar refractivity (Wildman–Crippen MR) is 94.8 cm³/mol. The zero-order valence-electron chi connectivity index (χ0n) is 14.7. The lowest BCUT2D eigenvalue weighted by Gasteiger charge is -2.35. The molecule has 0 aromatic heterocycles. The van der Waals surface area contributed by atoms with Gasteiger partial charge < -0.3 is 4.74 Å². The number of carbonyl (C=O) groups is 1. The van der Waals surface area contributed by atoms with Crippen LogP contribution in [0.1, 0.15) is 57.8 Å². The minimum Gasteiger partial charge on any atom is -0.494 e. The van der Waals surface area contributed by atoms with Gasteiger partial charge in [-0.1, -0.05) is 65.8 Å². The maximum absolute atomic E-state index is 11.5. The maximum atomic E-state index is 11.5. The fourth-order valence-electron chi connectivity index (χ4n) is 3.61. The van der Waals surface area contributed by atoms with E-state index in [1.54, 1.807) is 0 Å². The molecular formula is C19H29BO2. The molecule has 0 spiro atoms. The van der Waals surface area contributed by atoms with E-state index in [4.69, 9.17) is 4.74 Å². The van der Waals surface area contributed by atoms with Gasteiger partial charge in [-0.2, -0.15) is 0 Å². The van der Waals surface area contributed by atoms with Crippen LogP contribution in [0, 0.1) is 10.8 Å². The number of aldehydes is 1. The smallest absolute Gasteiger partial charge is 0.182 e. The van der Waals surface area contributed by atoms with Crippen molar-refractivity contribution in [2.75, 3.05) is 6.61 Å². The average Bonchev–Trinajstić information content (AvgIpc) is 2.67. The van der Waals surface area contributed by atoms with Crippen LogP contribution in [0.25, 0.3) is 0 Å². The molecule has 2 nitrogen and oxygen atoms in total. The Hall–Kier alpha value is -1.25. The first-order chi connectivity index (χ1) is 10.3. The van der Waals surface area contributed by atoms with Crippen LogP contribution in [0.3, 0.4) is 0 Å². The summed E-state index contributed by atoms with van der Waals surface area (Å²) in [7, 11) is 0. The molecule has 1 fully saturated rings. The summed E-state index contributed by atoms with van der Waals surface area (Å²) in [6, 6.07) is 5.88. The number of hydrogen-bond donors (Lipinski definition) is 0. The lowest BCUT2D eigenvalue weighted by molar-refractivity contribution is 0.112. The van der Waals surface area contributed by atoms with E-state index in [0.29, 0.717) is 6.71 Å². The third kappa shape index (κ3) is 3.23. The molecule has 2 rings (SSSR count). The van der Waals surface area contributed by atoms with Crippen LogP contribution in [-0.4, -0.2) is 19.6 Å². The van der Waals surface area contributed by atoms with Gasteiger partial charge >= 0.3 is 0 Å². The van der Waals surface area contributed by atoms with Gasteiger partial charge in [-0.15, -0.1) is 0 Å². The number of carbonyl (C=O) groups excluding carboxylic acids is 1. The molecule has 1 aromatic carbocycles. The van der Waals surface area contributed by atoms with Crippen molar-refractivity contribution in [3.63, 3.8) is 0 Å². The van der Waals surface area contributed by atoms with Crippen molar-refractivity contribution < 1.29 is 9.53 Å². The van der Waals surface area contributed by atoms with E-state index in [2.05, 4.69) is 34.6 Å². The predicted octanol–water partition coefficient (Wildman–Crippen LogP) is 4.45. The molecular weight excluding hydrogens is 271 g/mol. The Morgan fingerprint density at radius 1 is 1.18 bits per heavy atom. The highest BCUT2D eigenvalue weighted by Crippen LogP contribution is 2.53. The first-order valence-electron chi connectivity index (χ1n) is 8.53. The fraction of sp³-hybridized carbons (Fsp3) is 0.632. The van der Waals surface area contributed by atoms with E-state index in [9.17, 15) is 4.79 Å². The summed E-state index contributed by atoms with van der Waals surface area (Å²) in [5.41, 5.74) is 2.47. The Bertz CT molecular complexity index is 518. The molecule has 0 aliphatic carbocycles. The first-order valence-corrected chi connectivity index (χ1v) is 8.53. The number of hydrogen-bond acceptors (Lipinski definition) is 2. The van der Waals surface area contributed by atoms with E-state index in [0.717, 1.165) is 55.2 Å². The van der Waals surface area contributed by atoms with E-state index < -0.39 is 0 Å². The largest absolute Gasteiger partial charge is 0.494 e. The maximum Gasteiger partial charge on any atom is 0.182 e. The van der Waals surface area contributed by atoms with Crippen LogP contribution in [0.4, 0.5) is 0 Å². The summed E-state index contributed by atoms with van der Waals surface area (Å²) in [4.78, 5) is 11.5. The molecule has 1 aromatic rings. The average molecular weight is 300 g/mol. The second-order valence-corrected chi connectivity index (χ2v) is 7.95. The zero-order valence-corrected chi connectivity index (χ0v) is 14.7. The molecule has 1 aliphatic rings. The van der Waals surface area contributed by atoms with Gasteiger partial charge in [0.1, 0.15) is 12.0 Å². The minimum atomic E-state index is 0.272. The lowest BCUT2D eigenvalue weighted by Crippen LogP contribution is -2.33. The molecule has 0 N–H and O–H groups in total. The summed E-state index contributed by atoms with van der Waals surface area (Å²) in [6.45, 7) is 12.7. The van der Waals surface area contributed by atoms with Gasteiger partial charge in [0.05, 0.1) is 6.61 Å². The molecule has 120 valence electrons. The van der Waals surface area contributed by atoms with Crippen LogP contribution in [0.5, 0.6) is 5.75 Å². The van der Waals surface area contributed by atoms with Crippen molar-refractivity contribution in [2.24, 2.45) is 10.8 Å². The van der Waals surface area contributed by atoms with E-state index in [-0.39, 0.29) is 10.8 Å². The van der Waals surface area contributed by atoms with Gasteiger partial charge in [0, 0.05) is 5.56 Å². The Morgan fingerprint density at radius 3 is 2.36 bits per heavy atom. The van der Waals surface area contributed by atoms with E-state index in [1.165, 1.54) is 0 Å². The van der Waals surface area contributed by atoms with Gasteiger partial charge in [-0.3, -0.25) is 4.79 Å². The van der Waals surface area contributed by atoms with Crippen LogP contribution in [0.2, 0.25) is 12.6 Å². The fourth-order valence-corrected chi connectivity index (χ4v) is 3.61. The van der Waals surface area contributed by atoms with Gasteiger partial charge in [-0.25, -0.2) is 0 Å². The van der Waals surface area contributed by atoms with Crippen LogP contribution in [-0.2, 0) is 0 Å². The van der Waals surface area contributed by atoms with Crippen molar-refractivity contribution in [1.29, 1.82) is 0 Å². The van der Waals surface area contributed by atoms with Gasteiger partial charge in [0.2, 0.25) is 0 Å². The van der Waals surface area contributed by atoms with Gasteiger partial charge in [0.25, 0.3) is 0 Å². The van der Waals surface area contributed by atoms with Crippen molar-refractivity contribution in [2.45, 2.75) is 60.1 Å². The monoisotopic (exact) mass is 300 g/mol. The lowest BCUT2D eigenvalue weighted by atomic mass is 9.41. The Labute approximate surface area is 135 Å². The summed E-state index contributed by atoms with van der Waals surface area (Å²) in [6.07, 6.45) is 5.36. The highest BCUT2D eigenvalue weighted by Gasteiger charge is 2.49. The second kappa shape index (κ2) is 6.48. The van der Waals surface area contributed by atoms with Crippen molar-refractivity contribution in [1.82, 2.24) is 0 Å². The molecule has 3 heteroatoms. The standard InChI is InChI=1S/C19H29BO2/c1-6-7-11-22-16-10-8-9-15(12-21)17(16)20-13-18(2,3)19(4,5)14-20/h8-10,12H,6-7,11,13-14H2,1-5H3. The van der Waals surface area contributed by atoms with Crippen LogP contribution < -0.4 is 10.2 Å². The van der Waals surface area contributed by atoms with Crippen molar-refractivity contribution in [3.8, 4) is 5.75 Å². The van der Waals surface area contributed by atoms with Crippen LogP contribution in [0.15, 0.2) is 18.2 Å². The molecule has 1 heterocycles. The van der Waals surface area contributed by atoms with Crippen LogP contribution >= 0.6 is 0 Å². The highest BCUT2D eigenvalue weighted by atomic mass is 16.5. The Morgan fingerprint density at radius 2 is 1.82 bits per heavy atom. The molecule has 0 bridgehead atoms. The number of ether oxygens (including phenoxy) is 1. The summed E-state index contributed by atoms with van der Waals surface area (Å²) in [5.74, 6) is 0.913. The van der Waals surface area contributed by atoms with E-state index in [1.807, 2.05) is 18.2 Å². The molecule has 0 radical (unpaired) electrons. The Balaban J connectivity index is 2.35. The van der Waals surface area contributed by atoms with Gasteiger partial charge in [-0.05, 0) is 28.8 Å². The van der Waals surface area contributed by atoms with E-state index >= 15 is 0 Å². The molecule has 0 saturated carbocycles. The molecule has 0 amide bonds. The third-order valence-corrected chi connectivity index (χ3v) is 5.74. The highest BCUT2D eigenvalue weighted by molar-refractivity contribution is 6.76.